The summed E-state index contributed by atoms with van der Waals surface area (Å²) in [6, 6.07) is 0. The van der Waals surface area contributed by atoms with Crippen LogP contribution in [0.5, 0.6) is 0 Å². The van der Waals surface area contributed by atoms with Gasteiger partial charge in [-0.2, -0.15) is 10.1 Å². The molecule has 0 spiro atoms. The third-order valence-electron chi connectivity index (χ3n) is 2.32. The van der Waals surface area contributed by atoms with Crippen molar-refractivity contribution >= 4 is 28.7 Å². The Kier molecular flexibility index (Phi) is 2.30. The summed E-state index contributed by atoms with van der Waals surface area (Å²) in [7, 11) is 1.62. The molecule has 9 nitrogen and oxygen atoms in total. The highest BCUT2D eigenvalue weighted by Crippen LogP contribution is 2.28. The number of H-pyrrole nitrogens is 2. The zero-order chi connectivity index (χ0) is 12.7. The molecular weight excluding hydrogens is 256 g/mol. The lowest BCUT2D eigenvalue weighted by molar-refractivity contribution is 0.765. The van der Waals surface area contributed by atoms with Crippen LogP contribution in [0.3, 0.4) is 0 Å². The molecule has 0 radical (unpaired) electrons. The van der Waals surface area contributed by atoms with E-state index in [4.69, 9.17) is 5.73 Å². The maximum absolute atomic E-state index is 11.3. The van der Waals surface area contributed by atoms with E-state index >= 15 is 0 Å². The van der Waals surface area contributed by atoms with Gasteiger partial charge >= 0.3 is 5.69 Å². The van der Waals surface area contributed by atoms with Gasteiger partial charge in [0.25, 0.3) is 0 Å². The molecule has 0 aliphatic carbocycles. The van der Waals surface area contributed by atoms with Gasteiger partial charge in [0.15, 0.2) is 10.8 Å². The number of hydrogen-bond donors (Lipinski definition) is 3. The highest BCUT2D eigenvalue weighted by atomic mass is 32.2. The van der Waals surface area contributed by atoms with Crippen molar-refractivity contribution in [1.82, 2.24) is 34.9 Å². The predicted molar refractivity (Wildman–Crippen MR) is 64.0 cm³/mol. The van der Waals surface area contributed by atoms with E-state index in [1.165, 1.54) is 16.3 Å². The van der Waals surface area contributed by atoms with Crippen LogP contribution in [0.1, 0.15) is 0 Å². The fraction of sp³-hybridized carbons (Fsp3) is 0.125. The Balaban J connectivity index is 2.12. The molecule has 92 valence electrons. The standard InChI is InChI=1S/C8H8N8OS/c1-16-7(17)14-15-8(16)18-5-3-2-10-13-4(3)11-6(9)12-5/h2H,1H3,(H,14,17)(H3,9,10,11,12,13). The lowest BCUT2D eigenvalue weighted by atomic mass is 10.4. The van der Waals surface area contributed by atoms with Crippen LogP contribution in [0, 0.1) is 0 Å². The van der Waals surface area contributed by atoms with Gasteiger partial charge in [-0.25, -0.2) is 14.9 Å². The third-order valence-corrected chi connectivity index (χ3v) is 3.37. The molecule has 4 N–H and O–H groups in total. The summed E-state index contributed by atoms with van der Waals surface area (Å²) in [6.45, 7) is 0. The first-order chi connectivity index (χ1) is 8.65. The Morgan fingerprint density at radius 2 is 2.22 bits per heavy atom. The third kappa shape index (κ3) is 1.62. The largest absolute Gasteiger partial charge is 0.368 e. The van der Waals surface area contributed by atoms with Crippen LogP contribution in [0.2, 0.25) is 0 Å². The number of anilines is 1. The molecule has 0 saturated heterocycles. The fourth-order valence-electron chi connectivity index (χ4n) is 1.41. The van der Waals surface area contributed by atoms with Crippen molar-refractivity contribution in [3.8, 4) is 0 Å². The minimum absolute atomic E-state index is 0.134. The van der Waals surface area contributed by atoms with Crippen LogP contribution in [0.4, 0.5) is 5.95 Å². The summed E-state index contributed by atoms with van der Waals surface area (Å²) in [6.07, 6.45) is 1.60. The maximum Gasteiger partial charge on any atom is 0.343 e. The van der Waals surface area contributed by atoms with Crippen molar-refractivity contribution in [2.75, 3.05) is 5.73 Å². The molecular formula is C8H8N8OS. The Hall–Kier alpha value is -2.36. The average Bonchev–Trinajstić information content (AvgIpc) is 2.90. The molecule has 3 aromatic heterocycles. The van der Waals surface area contributed by atoms with Crippen LogP contribution in [0.25, 0.3) is 11.0 Å². The van der Waals surface area contributed by atoms with Gasteiger partial charge < -0.3 is 5.73 Å². The van der Waals surface area contributed by atoms with E-state index in [1.54, 1.807) is 13.2 Å². The molecule has 3 aromatic rings. The van der Waals surface area contributed by atoms with Gasteiger partial charge in [-0.3, -0.25) is 9.67 Å². The minimum Gasteiger partial charge on any atom is -0.368 e. The van der Waals surface area contributed by atoms with Gasteiger partial charge in [0.2, 0.25) is 5.95 Å². The molecule has 3 heterocycles. The lowest BCUT2D eigenvalue weighted by Gasteiger charge is -2.01. The number of nitrogens with zero attached hydrogens (tertiary/aromatic N) is 5. The maximum atomic E-state index is 11.3. The van der Waals surface area contributed by atoms with Crippen molar-refractivity contribution in [3.63, 3.8) is 0 Å². The normalized spacial score (nSPS) is 11.2. The second-order valence-electron chi connectivity index (χ2n) is 3.49. The predicted octanol–water partition coefficient (Wildman–Crippen LogP) is -0.492. The quantitative estimate of drug-likeness (QED) is 0.532. The molecule has 0 aliphatic heterocycles. The monoisotopic (exact) mass is 264 g/mol. The van der Waals surface area contributed by atoms with Gasteiger partial charge in [0, 0.05) is 7.05 Å². The smallest absolute Gasteiger partial charge is 0.343 e. The Labute approximate surface area is 104 Å². The number of aromatic nitrogens is 7. The second kappa shape index (κ2) is 3.84. The Bertz CT molecular complexity index is 771. The number of nitrogen functional groups attached to an aromatic ring is 1. The molecule has 0 unspecified atom stereocenters. The summed E-state index contributed by atoms with van der Waals surface area (Å²) in [5.74, 6) is 0.134. The van der Waals surface area contributed by atoms with E-state index < -0.39 is 0 Å². The molecule has 0 aromatic carbocycles. The summed E-state index contributed by atoms with van der Waals surface area (Å²) in [5, 5.41) is 14.6. The number of fused-ring (bicyclic) bond motifs is 1. The Morgan fingerprint density at radius 3 is 2.94 bits per heavy atom. The van der Waals surface area contributed by atoms with E-state index in [-0.39, 0.29) is 11.6 Å². The first-order valence-electron chi connectivity index (χ1n) is 4.91. The fourth-order valence-corrected chi connectivity index (χ4v) is 2.30. The highest BCUT2D eigenvalue weighted by molar-refractivity contribution is 7.99. The van der Waals surface area contributed by atoms with Crippen LogP contribution in [-0.2, 0) is 7.05 Å². The second-order valence-corrected chi connectivity index (χ2v) is 4.45. The SMILES string of the molecule is Cn1c(Sc2nc(N)nc3[nH]ncc23)n[nH]c1=O. The number of rotatable bonds is 2. The average molecular weight is 264 g/mol. The summed E-state index contributed by atoms with van der Waals surface area (Å²) in [4.78, 5) is 19.4. The van der Waals surface area contributed by atoms with Gasteiger partial charge in [0.1, 0.15) is 5.03 Å². The Morgan fingerprint density at radius 1 is 1.39 bits per heavy atom. The van der Waals surface area contributed by atoms with Crippen molar-refractivity contribution < 1.29 is 0 Å². The summed E-state index contributed by atoms with van der Waals surface area (Å²) in [5.41, 5.74) is 5.86. The van der Waals surface area contributed by atoms with Gasteiger partial charge in [-0.15, -0.1) is 5.10 Å². The molecule has 18 heavy (non-hydrogen) atoms. The van der Waals surface area contributed by atoms with Crippen molar-refractivity contribution in [1.29, 1.82) is 0 Å². The molecule has 0 atom stereocenters. The molecule has 3 rings (SSSR count). The van der Waals surface area contributed by atoms with Crippen molar-refractivity contribution in [2.24, 2.45) is 7.05 Å². The molecule has 0 amide bonds. The van der Waals surface area contributed by atoms with Crippen molar-refractivity contribution in [2.45, 2.75) is 10.2 Å². The van der Waals surface area contributed by atoms with E-state index in [1.807, 2.05) is 0 Å². The number of nitrogens with two attached hydrogens (primary N) is 1. The van der Waals surface area contributed by atoms with Crippen LogP contribution >= 0.6 is 11.8 Å². The summed E-state index contributed by atoms with van der Waals surface area (Å²) < 4.78 is 1.38. The van der Waals surface area contributed by atoms with Gasteiger partial charge in [-0.1, -0.05) is 0 Å². The van der Waals surface area contributed by atoms with Crippen molar-refractivity contribution in [3.05, 3.63) is 16.7 Å². The molecule has 0 aliphatic rings. The highest BCUT2D eigenvalue weighted by Gasteiger charge is 2.13. The lowest BCUT2D eigenvalue weighted by Crippen LogP contribution is -2.12. The van der Waals surface area contributed by atoms with Gasteiger partial charge in [0.05, 0.1) is 11.6 Å². The van der Waals surface area contributed by atoms with Crippen LogP contribution in [-0.4, -0.2) is 34.9 Å². The van der Waals surface area contributed by atoms with E-state index in [2.05, 4.69) is 30.4 Å². The number of aromatic amines is 2. The van der Waals surface area contributed by atoms with Gasteiger partial charge in [-0.05, 0) is 11.8 Å². The van der Waals surface area contributed by atoms with Crippen LogP contribution < -0.4 is 11.4 Å². The first-order valence-corrected chi connectivity index (χ1v) is 5.72. The molecule has 0 saturated carbocycles. The first kappa shape index (κ1) is 10.8. The zero-order valence-corrected chi connectivity index (χ0v) is 10.0. The van der Waals surface area contributed by atoms with E-state index in [0.29, 0.717) is 15.8 Å². The number of hydrogen-bond acceptors (Lipinski definition) is 7. The summed E-state index contributed by atoms with van der Waals surface area (Å²) >= 11 is 1.21. The minimum atomic E-state index is -0.289. The topological polar surface area (TPSA) is 131 Å². The molecule has 0 bridgehead atoms. The van der Waals surface area contributed by atoms with E-state index in [9.17, 15) is 4.79 Å². The molecule has 0 fully saturated rings. The number of nitrogens with one attached hydrogen (secondary N) is 2. The zero-order valence-electron chi connectivity index (χ0n) is 9.21. The molecule has 10 heteroatoms. The van der Waals surface area contributed by atoms with E-state index in [0.717, 1.165) is 5.39 Å². The van der Waals surface area contributed by atoms with Crippen LogP contribution in [0.15, 0.2) is 21.2 Å².